The molecule has 0 atom stereocenters. The van der Waals surface area contributed by atoms with E-state index in [-0.39, 0.29) is 5.91 Å². The molecule has 0 unspecified atom stereocenters. The van der Waals surface area contributed by atoms with Crippen LogP contribution >= 0.6 is 27.5 Å². The molecule has 7 heteroatoms. The largest absolute Gasteiger partial charge is 0.321 e. The van der Waals surface area contributed by atoms with Crippen LogP contribution in [0.4, 0.5) is 11.5 Å². The van der Waals surface area contributed by atoms with E-state index >= 15 is 0 Å². The van der Waals surface area contributed by atoms with E-state index in [1.54, 1.807) is 25.1 Å². The van der Waals surface area contributed by atoms with Gasteiger partial charge in [-0.3, -0.25) is 4.79 Å². The molecule has 0 aliphatic carbocycles. The number of halogens is 2. The van der Waals surface area contributed by atoms with Gasteiger partial charge in [-0.25, -0.2) is 10.8 Å². The van der Waals surface area contributed by atoms with Gasteiger partial charge in [0.05, 0.1) is 5.69 Å². The number of nitrogens with two attached hydrogens (primary N) is 1. The molecule has 1 aromatic heterocycles. The van der Waals surface area contributed by atoms with Crippen molar-refractivity contribution >= 4 is 44.9 Å². The number of aromatic nitrogens is 1. The van der Waals surface area contributed by atoms with E-state index in [0.29, 0.717) is 27.8 Å². The molecule has 0 fully saturated rings. The molecule has 2 rings (SSSR count). The van der Waals surface area contributed by atoms with Crippen molar-refractivity contribution in [1.82, 2.24) is 4.98 Å². The number of carbonyl (C=O) groups is 1. The molecule has 1 heterocycles. The van der Waals surface area contributed by atoms with Crippen LogP contribution in [0.3, 0.4) is 0 Å². The molecule has 1 aromatic carbocycles. The van der Waals surface area contributed by atoms with Gasteiger partial charge in [-0.05, 0) is 59.6 Å². The first kappa shape index (κ1) is 15.8. The highest BCUT2D eigenvalue weighted by molar-refractivity contribution is 9.10. The number of aryl methyl sites for hydroxylation is 2. The lowest BCUT2D eigenvalue weighted by Gasteiger charge is -2.11. The minimum absolute atomic E-state index is 0.266. The summed E-state index contributed by atoms with van der Waals surface area (Å²) in [5.41, 5.74) is 5.11. The Morgan fingerprint density at radius 3 is 2.67 bits per heavy atom. The number of anilines is 2. The van der Waals surface area contributed by atoms with E-state index < -0.39 is 0 Å². The first-order valence-electron chi connectivity index (χ1n) is 6.13. The van der Waals surface area contributed by atoms with E-state index in [0.717, 1.165) is 10.0 Å². The van der Waals surface area contributed by atoms with E-state index in [1.165, 1.54) is 0 Å². The third-order valence-electron chi connectivity index (χ3n) is 2.86. The number of nitrogens with one attached hydrogen (secondary N) is 2. The average Bonchev–Trinajstić information content (AvgIpc) is 2.43. The topological polar surface area (TPSA) is 80.0 Å². The molecule has 5 nitrogen and oxygen atoms in total. The van der Waals surface area contributed by atoms with Crippen molar-refractivity contribution in [2.75, 3.05) is 10.7 Å². The number of hydrogen-bond acceptors (Lipinski definition) is 4. The van der Waals surface area contributed by atoms with Crippen molar-refractivity contribution in [3.63, 3.8) is 0 Å². The molecule has 0 saturated heterocycles. The molecule has 0 aliphatic rings. The van der Waals surface area contributed by atoms with Crippen molar-refractivity contribution < 1.29 is 4.79 Å². The smallest absolute Gasteiger partial charge is 0.255 e. The second-order valence-corrected chi connectivity index (χ2v) is 5.82. The Morgan fingerprint density at radius 1 is 1.29 bits per heavy atom. The van der Waals surface area contributed by atoms with Crippen LogP contribution in [-0.2, 0) is 0 Å². The zero-order valence-corrected chi connectivity index (χ0v) is 13.8. The van der Waals surface area contributed by atoms with Crippen LogP contribution in [-0.4, -0.2) is 10.9 Å². The number of pyridine rings is 1. The van der Waals surface area contributed by atoms with Crippen LogP contribution in [0.5, 0.6) is 0 Å². The highest BCUT2D eigenvalue weighted by atomic mass is 79.9. The Kier molecular flexibility index (Phi) is 4.82. The molecule has 0 bridgehead atoms. The van der Waals surface area contributed by atoms with E-state index in [9.17, 15) is 4.79 Å². The first-order valence-corrected chi connectivity index (χ1v) is 7.30. The van der Waals surface area contributed by atoms with Gasteiger partial charge in [0, 0.05) is 20.8 Å². The van der Waals surface area contributed by atoms with Crippen molar-refractivity contribution in [3.8, 4) is 0 Å². The van der Waals surface area contributed by atoms with Crippen LogP contribution in [0.25, 0.3) is 0 Å². The summed E-state index contributed by atoms with van der Waals surface area (Å²) in [5, 5.41) is 3.39. The van der Waals surface area contributed by atoms with Gasteiger partial charge >= 0.3 is 0 Å². The summed E-state index contributed by atoms with van der Waals surface area (Å²) in [4.78, 5) is 16.5. The molecule has 0 saturated carbocycles. The maximum Gasteiger partial charge on any atom is 0.255 e. The number of carbonyl (C=O) groups excluding carboxylic acids is 1. The minimum atomic E-state index is -0.266. The zero-order chi connectivity index (χ0) is 15.6. The van der Waals surface area contributed by atoms with Gasteiger partial charge < -0.3 is 10.7 Å². The maximum absolute atomic E-state index is 12.3. The Hall–Kier alpha value is -1.63. The van der Waals surface area contributed by atoms with Gasteiger partial charge in [0.1, 0.15) is 5.82 Å². The SMILES string of the molecule is Cc1cc(C(=O)Nc2cc(Cl)c(C)cc2Br)cc(NN)n1. The van der Waals surface area contributed by atoms with Crippen LogP contribution in [0, 0.1) is 13.8 Å². The molecule has 4 N–H and O–H groups in total. The predicted molar refractivity (Wildman–Crippen MR) is 88.6 cm³/mol. The van der Waals surface area contributed by atoms with Crippen LogP contribution in [0.1, 0.15) is 21.6 Å². The number of nitrogen functional groups attached to an aromatic ring is 1. The lowest BCUT2D eigenvalue weighted by molar-refractivity contribution is 0.102. The van der Waals surface area contributed by atoms with Gasteiger partial charge in [0.2, 0.25) is 0 Å². The zero-order valence-electron chi connectivity index (χ0n) is 11.5. The van der Waals surface area contributed by atoms with E-state index in [1.807, 2.05) is 13.0 Å². The number of amides is 1. The van der Waals surface area contributed by atoms with Crippen LogP contribution < -0.4 is 16.6 Å². The average molecular weight is 370 g/mol. The van der Waals surface area contributed by atoms with E-state index in [4.69, 9.17) is 17.4 Å². The number of benzene rings is 1. The predicted octanol–water partition coefficient (Wildman–Crippen LogP) is 3.65. The second-order valence-electron chi connectivity index (χ2n) is 4.56. The molecular weight excluding hydrogens is 356 g/mol. The van der Waals surface area contributed by atoms with Gasteiger partial charge in [0.15, 0.2) is 0 Å². The summed E-state index contributed by atoms with van der Waals surface area (Å²) < 4.78 is 0.765. The Balaban J connectivity index is 2.30. The third-order valence-corrected chi connectivity index (χ3v) is 3.92. The number of nitrogens with zero attached hydrogens (tertiary/aromatic N) is 1. The molecular formula is C14H14BrClN4O. The Morgan fingerprint density at radius 2 is 2.00 bits per heavy atom. The summed E-state index contributed by atoms with van der Waals surface area (Å²) in [6.07, 6.45) is 0. The Labute approximate surface area is 136 Å². The molecule has 0 radical (unpaired) electrons. The Bertz CT molecular complexity index is 706. The summed E-state index contributed by atoms with van der Waals surface area (Å²) in [6, 6.07) is 6.81. The van der Waals surface area contributed by atoms with E-state index in [2.05, 4.69) is 31.7 Å². The lowest BCUT2D eigenvalue weighted by atomic mass is 10.2. The molecule has 1 amide bonds. The van der Waals surface area contributed by atoms with Crippen LogP contribution in [0.15, 0.2) is 28.7 Å². The monoisotopic (exact) mass is 368 g/mol. The minimum Gasteiger partial charge on any atom is -0.321 e. The fourth-order valence-electron chi connectivity index (χ4n) is 1.81. The quantitative estimate of drug-likeness (QED) is 0.570. The lowest BCUT2D eigenvalue weighted by Crippen LogP contribution is -2.15. The molecule has 2 aromatic rings. The molecule has 0 aliphatic heterocycles. The molecule has 0 spiro atoms. The van der Waals surface area contributed by atoms with Crippen molar-refractivity contribution in [2.24, 2.45) is 5.84 Å². The summed E-state index contributed by atoms with van der Waals surface area (Å²) in [5.74, 6) is 5.50. The van der Waals surface area contributed by atoms with Gasteiger partial charge in [-0.1, -0.05) is 11.6 Å². The summed E-state index contributed by atoms with van der Waals surface area (Å²) in [6.45, 7) is 3.68. The molecule has 110 valence electrons. The fourth-order valence-corrected chi connectivity index (χ4v) is 2.53. The van der Waals surface area contributed by atoms with Gasteiger partial charge in [-0.15, -0.1) is 0 Å². The number of hydrogen-bond donors (Lipinski definition) is 3. The third kappa shape index (κ3) is 3.72. The fraction of sp³-hybridized carbons (Fsp3) is 0.143. The maximum atomic E-state index is 12.3. The van der Waals surface area contributed by atoms with Gasteiger partial charge in [0.25, 0.3) is 5.91 Å². The number of hydrazine groups is 1. The highest BCUT2D eigenvalue weighted by Crippen LogP contribution is 2.29. The standard InChI is InChI=1S/C14H14BrClN4O/c1-7-3-10(15)12(6-11(7)16)19-14(21)9-4-8(2)18-13(5-9)20-17/h3-6H,17H2,1-2H3,(H,18,20)(H,19,21). The van der Waals surface area contributed by atoms with Crippen molar-refractivity contribution in [2.45, 2.75) is 13.8 Å². The van der Waals surface area contributed by atoms with Crippen molar-refractivity contribution in [3.05, 3.63) is 50.6 Å². The first-order chi connectivity index (χ1) is 9.90. The van der Waals surface area contributed by atoms with Crippen LogP contribution in [0.2, 0.25) is 5.02 Å². The summed E-state index contributed by atoms with van der Waals surface area (Å²) in [7, 11) is 0. The number of rotatable bonds is 3. The summed E-state index contributed by atoms with van der Waals surface area (Å²) >= 11 is 9.49. The van der Waals surface area contributed by atoms with Gasteiger partial charge in [-0.2, -0.15) is 0 Å². The normalized spacial score (nSPS) is 10.3. The highest BCUT2D eigenvalue weighted by Gasteiger charge is 2.12. The second kappa shape index (κ2) is 6.43. The molecule has 21 heavy (non-hydrogen) atoms. The van der Waals surface area contributed by atoms with Crippen molar-refractivity contribution in [1.29, 1.82) is 0 Å².